The lowest BCUT2D eigenvalue weighted by molar-refractivity contribution is 0.0331. The van der Waals surface area contributed by atoms with Gasteiger partial charge >= 0.3 is 0 Å². The summed E-state index contributed by atoms with van der Waals surface area (Å²) in [6.07, 6.45) is 0. The molecule has 1 saturated heterocycles. The third-order valence-electron chi connectivity index (χ3n) is 1.98. The minimum absolute atomic E-state index is 0.281. The van der Waals surface area contributed by atoms with E-state index in [2.05, 4.69) is 20.1 Å². The molecule has 1 fully saturated rings. The fourth-order valence-corrected chi connectivity index (χ4v) is 1.46. The molecule has 0 spiro atoms. The Bertz CT molecular complexity index is 271. The van der Waals surface area contributed by atoms with Crippen molar-refractivity contribution >= 4 is 11.6 Å². The molecule has 0 unspecified atom stereocenters. The van der Waals surface area contributed by atoms with Crippen molar-refractivity contribution in [3.05, 3.63) is 11.1 Å². The fraction of sp³-hybridized carbons (Fsp3) is 0.714. The molecule has 1 N–H and O–H groups in total. The van der Waals surface area contributed by atoms with Crippen LogP contribution in [0.1, 0.15) is 5.82 Å². The van der Waals surface area contributed by atoms with Gasteiger partial charge in [0.15, 0.2) is 0 Å². The first-order chi connectivity index (χ1) is 6.34. The van der Waals surface area contributed by atoms with Crippen molar-refractivity contribution in [2.45, 2.75) is 6.54 Å². The van der Waals surface area contributed by atoms with Crippen LogP contribution < -0.4 is 0 Å². The first kappa shape index (κ1) is 8.93. The van der Waals surface area contributed by atoms with E-state index in [-0.39, 0.29) is 5.28 Å². The summed E-state index contributed by atoms with van der Waals surface area (Å²) < 4.78 is 5.23. The number of hydrogen-bond donors (Lipinski definition) is 1. The molecule has 0 bridgehead atoms. The standard InChI is InChI=1S/C7H11ClN4O/c8-7-9-6(10-11-7)5-12-1-3-13-4-2-12/h1-5H2,(H,9,10,11). The Balaban J connectivity index is 1.89. The molecule has 0 aromatic carbocycles. The smallest absolute Gasteiger partial charge is 0.242 e. The van der Waals surface area contributed by atoms with Gasteiger partial charge in [-0.1, -0.05) is 0 Å². The van der Waals surface area contributed by atoms with Gasteiger partial charge in [0.05, 0.1) is 19.8 Å². The van der Waals surface area contributed by atoms with E-state index in [1.165, 1.54) is 0 Å². The highest BCUT2D eigenvalue weighted by atomic mass is 35.5. The summed E-state index contributed by atoms with van der Waals surface area (Å²) in [5.41, 5.74) is 0. The maximum absolute atomic E-state index is 5.58. The zero-order valence-electron chi connectivity index (χ0n) is 7.16. The quantitative estimate of drug-likeness (QED) is 0.749. The molecule has 2 rings (SSSR count). The van der Waals surface area contributed by atoms with E-state index >= 15 is 0 Å². The molecule has 72 valence electrons. The van der Waals surface area contributed by atoms with E-state index in [1.807, 2.05) is 0 Å². The molecule has 1 aromatic rings. The van der Waals surface area contributed by atoms with Crippen LogP contribution in [0, 0.1) is 0 Å². The molecule has 0 aliphatic carbocycles. The van der Waals surface area contributed by atoms with Crippen molar-refractivity contribution in [1.82, 2.24) is 20.1 Å². The summed E-state index contributed by atoms with van der Waals surface area (Å²) in [6.45, 7) is 4.24. The minimum Gasteiger partial charge on any atom is -0.379 e. The molecular formula is C7H11ClN4O. The number of rotatable bonds is 2. The van der Waals surface area contributed by atoms with Crippen molar-refractivity contribution in [2.75, 3.05) is 26.3 Å². The number of halogens is 1. The van der Waals surface area contributed by atoms with Gasteiger partial charge in [-0.05, 0) is 11.6 Å². The number of H-pyrrole nitrogens is 1. The summed E-state index contributed by atoms with van der Waals surface area (Å²) in [4.78, 5) is 6.27. The number of morpholine rings is 1. The van der Waals surface area contributed by atoms with Crippen LogP contribution in [0.25, 0.3) is 0 Å². The lowest BCUT2D eigenvalue weighted by atomic mass is 10.4. The molecule has 1 aromatic heterocycles. The van der Waals surface area contributed by atoms with Gasteiger partial charge in [-0.3, -0.25) is 10.00 Å². The third kappa shape index (κ3) is 2.40. The highest BCUT2D eigenvalue weighted by Crippen LogP contribution is 2.04. The molecule has 2 heterocycles. The number of aromatic amines is 1. The number of nitrogens with zero attached hydrogens (tertiary/aromatic N) is 3. The Labute approximate surface area is 81.0 Å². The van der Waals surface area contributed by atoms with E-state index in [4.69, 9.17) is 16.3 Å². The summed E-state index contributed by atoms with van der Waals surface area (Å²) in [7, 11) is 0. The fourth-order valence-electron chi connectivity index (χ4n) is 1.31. The minimum atomic E-state index is 0.281. The molecule has 6 heteroatoms. The summed E-state index contributed by atoms with van der Waals surface area (Å²) >= 11 is 5.58. The molecule has 0 amide bonds. The Morgan fingerprint density at radius 2 is 2.23 bits per heavy atom. The van der Waals surface area contributed by atoms with Crippen LogP contribution in [0.2, 0.25) is 5.28 Å². The monoisotopic (exact) mass is 202 g/mol. The van der Waals surface area contributed by atoms with E-state index in [0.29, 0.717) is 0 Å². The predicted molar refractivity (Wildman–Crippen MR) is 47.5 cm³/mol. The first-order valence-corrected chi connectivity index (χ1v) is 4.59. The van der Waals surface area contributed by atoms with Gasteiger partial charge in [-0.15, -0.1) is 5.10 Å². The van der Waals surface area contributed by atoms with Crippen LogP contribution in [0.5, 0.6) is 0 Å². The van der Waals surface area contributed by atoms with Crippen molar-refractivity contribution in [3.63, 3.8) is 0 Å². The van der Waals surface area contributed by atoms with Gasteiger partial charge in [0, 0.05) is 13.1 Å². The average Bonchev–Trinajstić information content (AvgIpc) is 2.53. The second-order valence-corrected chi connectivity index (χ2v) is 3.28. The Hall–Kier alpha value is -0.650. The summed E-state index contributed by atoms with van der Waals surface area (Å²) in [5.74, 6) is 0.812. The first-order valence-electron chi connectivity index (χ1n) is 4.21. The molecule has 13 heavy (non-hydrogen) atoms. The van der Waals surface area contributed by atoms with E-state index in [1.54, 1.807) is 0 Å². The zero-order chi connectivity index (χ0) is 9.10. The number of hydrogen-bond acceptors (Lipinski definition) is 4. The third-order valence-corrected chi connectivity index (χ3v) is 2.15. The largest absolute Gasteiger partial charge is 0.379 e. The van der Waals surface area contributed by atoms with Crippen LogP contribution in [-0.2, 0) is 11.3 Å². The van der Waals surface area contributed by atoms with E-state index in [9.17, 15) is 0 Å². The molecule has 0 radical (unpaired) electrons. The van der Waals surface area contributed by atoms with Crippen molar-refractivity contribution in [1.29, 1.82) is 0 Å². The highest BCUT2D eigenvalue weighted by Gasteiger charge is 2.12. The van der Waals surface area contributed by atoms with Gasteiger partial charge in [0.25, 0.3) is 0 Å². The van der Waals surface area contributed by atoms with Crippen LogP contribution in [0.4, 0.5) is 0 Å². The zero-order valence-corrected chi connectivity index (χ0v) is 7.92. The lowest BCUT2D eigenvalue weighted by Gasteiger charge is -2.25. The second-order valence-electron chi connectivity index (χ2n) is 2.94. The van der Waals surface area contributed by atoms with Gasteiger partial charge in [0.2, 0.25) is 5.28 Å². The van der Waals surface area contributed by atoms with Crippen molar-refractivity contribution in [3.8, 4) is 0 Å². The second kappa shape index (κ2) is 4.04. The molecule has 0 atom stereocenters. The molecule has 0 saturated carbocycles. The normalized spacial score (nSPS) is 19.2. The summed E-state index contributed by atoms with van der Waals surface area (Å²) in [5, 5.41) is 6.81. The van der Waals surface area contributed by atoms with Crippen LogP contribution in [0.15, 0.2) is 0 Å². The molecule has 5 nitrogen and oxygen atoms in total. The Morgan fingerprint density at radius 3 is 2.85 bits per heavy atom. The Morgan fingerprint density at radius 1 is 1.46 bits per heavy atom. The number of nitrogens with one attached hydrogen (secondary N) is 1. The van der Waals surface area contributed by atoms with Crippen molar-refractivity contribution in [2.24, 2.45) is 0 Å². The van der Waals surface area contributed by atoms with Gasteiger partial charge in [-0.2, -0.15) is 0 Å². The summed E-state index contributed by atoms with van der Waals surface area (Å²) in [6, 6.07) is 0. The van der Waals surface area contributed by atoms with Crippen LogP contribution in [0.3, 0.4) is 0 Å². The maximum atomic E-state index is 5.58. The van der Waals surface area contributed by atoms with Gasteiger partial charge in [-0.25, -0.2) is 4.98 Å². The number of aromatic nitrogens is 3. The van der Waals surface area contributed by atoms with Crippen molar-refractivity contribution < 1.29 is 4.74 Å². The topological polar surface area (TPSA) is 54.0 Å². The Kier molecular flexibility index (Phi) is 2.77. The SMILES string of the molecule is Clc1n[nH]c(CN2CCOCC2)n1. The van der Waals surface area contributed by atoms with Crippen LogP contribution >= 0.6 is 11.6 Å². The van der Waals surface area contributed by atoms with E-state index in [0.717, 1.165) is 38.7 Å². The maximum Gasteiger partial charge on any atom is 0.242 e. The van der Waals surface area contributed by atoms with Gasteiger partial charge in [0.1, 0.15) is 5.82 Å². The highest BCUT2D eigenvalue weighted by molar-refractivity contribution is 6.28. The van der Waals surface area contributed by atoms with Crippen LogP contribution in [-0.4, -0.2) is 46.4 Å². The molecular weight excluding hydrogens is 192 g/mol. The molecule has 1 aliphatic rings. The van der Waals surface area contributed by atoms with Gasteiger partial charge < -0.3 is 4.74 Å². The number of ether oxygens (including phenoxy) is 1. The average molecular weight is 203 g/mol. The lowest BCUT2D eigenvalue weighted by Crippen LogP contribution is -2.35. The van der Waals surface area contributed by atoms with E-state index < -0.39 is 0 Å². The predicted octanol–water partition coefficient (Wildman–Crippen LogP) is 0.290. The molecule has 1 aliphatic heterocycles.